The van der Waals surface area contributed by atoms with Crippen LogP contribution in [0.1, 0.15) is 39.9 Å². The van der Waals surface area contributed by atoms with Gasteiger partial charge in [0, 0.05) is 36.9 Å². The van der Waals surface area contributed by atoms with Gasteiger partial charge in [-0.05, 0) is 73.7 Å². The smallest absolute Gasteiger partial charge is 0.341 e. The SMILES string of the molecule is CN1CC[C@](O)(c2ccc(Nc3ncc4c(=O)c(C(=O)O)cn(-c5ccc6c(c5)CCC6)c4n3)cc2)[C@@H](O)C1. The summed E-state index contributed by atoms with van der Waals surface area (Å²) >= 11 is 0. The summed E-state index contributed by atoms with van der Waals surface area (Å²) in [5.41, 5.74) is 2.46. The number of likely N-dealkylation sites (N-methyl/N-ethyl adjacent to an activating group) is 1. The average molecular weight is 528 g/mol. The fraction of sp³-hybridized carbons (Fsp3) is 0.310. The third-order valence-corrected chi connectivity index (χ3v) is 7.89. The molecule has 200 valence electrons. The number of aliphatic hydroxyl groups is 2. The number of aliphatic hydroxyl groups excluding tert-OH is 1. The lowest BCUT2D eigenvalue weighted by Gasteiger charge is -2.41. The monoisotopic (exact) mass is 527 g/mol. The number of rotatable bonds is 5. The van der Waals surface area contributed by atoms with Gasteiger partial charge in [0.2, 0.25) is 11.4 Å². The minimum Gasteiger partial charge on any atom is -0.477 e. The highest BCUT2D eigenvalue weighted by atomic mass is 16.4. The van der Waals surface area contributed by atoms with Crippen molar-refractivity contribution in [3.05, 3.63) is 87.3 Å². The summed E-state index contributed by atoms with van der Waals surface area (Å²) in [4.78, 5) is 35.6. The van der Waals surface area contributed by atoms with Gasteiger partial charge < -0.3 is 30.1 Å². The van der Waals surface area contributed by atoms with Gasteiger partial charge in [-0.25, -0.2) is 9.78 Å². The molecule has 3 heterocycles. The molecule has 2 aliphatic rings. The zero-order chi connectivity index (χ0) is 27.3. The molecule has 2 aromatic carbocycles. The first kappa shape index (κ1) is 25.2. The van der Waals surface area contributed by atoms with Crippen LogP contribution in [-0.2, 0) is 18.4 Å². The van der Waals surface area contributed by atoms with E-state index in [0.717, 1.165) is 24.9 Å². The zero-order valence-electron chi connectivity index (χ0n) is 21.5. The Hall–Kier alpha value is -4.12. The Morgan fingerprint density at radius 1 is 1.13 bits per heavy atom. The lowest BCUT2D eigenvalue weighted by molar-refractivity contribution is -0.120. The largest absolute Gasteiger partial charge is 0.477 e. The van der Waals surface area contributed by atoms with Crippen LogP contribution in [0.2, 0.25) is 0 Å². The molecule has 0 saturated carbocycles. The molecule has 0 bridgehead atoms. The van der Waals surface area contributed by atoms with Crippen LogP contribution in [0.15, 0.2) is 59.7 Å². The maximum atomic E-state index is 12.9. The predicted molar refractivity (Wildman–Crippen MR) is 146 cm³/mol. The first-order valence-corrected chi connectivity index (χ1v) is 13.0. The summed E-state index contributed by atoms with van der Waals surface area (Å²) in [5, 5.41) is 34.5. The Morgan fingerprint density at radius 2 is 1.90 bits per heavy atom. The van der Waals surface area contributed by atoms with Gasteiger partial charge in [-0.15, -0.1) is 0 Å². The predicted octanol–water partition coefficient (Wildman–Crippen LogP) is 2.60. The third-order valence-electron chi connectivity index (χ3n) is 7.89. The molecular weight excluding hydrogens is 498 g/mol. The van der Waals surface area contributed by atoms with Crippen LogP contribution in [0.25, 0.3) is 16.7 Å². The summed E-state index contributed by atoms with van der Waals surface area (Å²) < 4.78 is 1.63. The van der Waals surface area contributed by atoms with Crippen LogP contribution in [-0.4, -0.2) is 67.0 Å². The van der Waals surface area contributed by atoms with Gasteiger partial charge >= 0.3 is 5.97 Å². The average Bonchev–Trinajstić information content (AvgIpc) is 3.39. The minimum atomic E-state index is -1.32. The van der Waals surface area contributed by atoms with Gasteiger partial charge in [0.05, 0.1) is 11.5 Å². The van der Waals surface area contributed by atoms with E-state index in [0.29, 0.717) is 36.4 Å². The molecule has 0 radical (unpaired) electrons. The fourth-order valence-electron chi connectivity index (χ4n) is 5.60. The second-order valence-corrected chi connectivity index (χ2v) is 10.4. The highest BCUT2D eigenvalue weighted by molar-refractivity contribution is 5.92. The van der Waals surface area contributed by atoms with E-state index >= 15 is 0 Å². The van der Waals surface area contributed by atoms with E-state index in [-0.39, 0.29) is 16.9 Å². The Bertz CT molecular complexity index is 1650. The van der Waals surface area contributed by atoms with E-state index in [9.17, 15) is 24.9 Å². The summed E-state index contributed by atoms with van der Waals surface area (Å²) in [6, 6.07) is 13.0. The summed E-state index contributed by atoms with van der Waals surface area (Å²) in [5.74, 6) is -1.08. The van der Waals surface area contributed by atoms with Crippen LogP contribution in [0.3, 0.4) is 0 Å². The molecule has 10 heteroatoms. The number of hydrogen-bond donors (Lipinski definition) is 4. The molecule has 4 aromatic rings. The Labute approximate surface area is 224 Å². The van der Waals surface area contributed by atoms with E-state index in [2.05, 4.69) is 15.3 Å². The van der Waals surface area contributed by atoms with E-state index < -0.39 is 23.1 Å². The number of benzene rings is 2. The number of fused-ring (bicyclic) bond motifs is 2. The minimum absolute atomic E-state index is 0.106. The number of hydrogen-bond acceptors (Lipinski definition) is 8. The maximum absolute atomic E-state index is 12.9. The lowest BCUT2D eigenvalue weighted by Crippen LogP contribution is -2.52. The fourth-order valence-corrected chi connectivity index (χ4v) is 5.60. The maximum Gasteiger partial charge on any atom is 0.341 e. The number of anilines is 2. The molecule has 2 atom stereocenters. The molecule has 2 aromatic heterocycles. The van der Waals surface area contributed by atoms with Crippen LogP contribution in [0.5, 0.6) is 0 Å². The Balaban J connectivity index is 1.36. The normalized spacial score (nSPS) is 21.2. The number of pyridine rings is 1. The topological polar surface area (TPSA) is 141 Å². The summed E-state index contributed by atoms with van der Waals surface area (Å²) in [6.07, 6.45) is 5.23. The van der Waals surface area contributed by atoms with Crippen LogP contribution < -0.4 is 10.7 Å². The van der Waals surface area contributed by atoms with Gasteiger partial charge in [0.15, 0.2) is 5.65 Å². The summed E-state index contributed by atoms with van der Waals surface area (Å²) in [7, 11) is 1.91. The highest BCUT2D eigenvalue weighted by Gasteiger charge is 2.41. The molecule has 10 nitrogen and oxygen atoms in total. The number of nitrogens with one attached hydrogen (secondary N) is 1. The zero-order valence-corrected chi connectivity index (χ0v) is 21.5. The molecular formula is C29H29N5O5. The molecule has 6 rings (SSSR count). The lowest BCUT2D eigenvalue weighted by atomic mass is 9.82. The molecule has 39 heavy (non-hydrogen) atoms. The number of piperidine rings is 1. The number of likely N-dealkylation sites (tertiary alicyclic amines) is 1. The standard InChI is InChI=1S/C29H29N5O5/c1-33-12-11-29(39,24(35)16-33)19-6-8-20(9-7-19)31-28-30-14-22-25(36)23(27(37)38)15-34(26(22)32-28)21-10-5-17-3-2-4-18(17)13-21/h5-10,13-15,24,35,39H,2-4,11-12,16H2,1H3,(H,37,38)(H,30,31,32)/t24-,29-/m0/s1. The number of nitrogens with zero attached hydrogens (tertiary/aromatic N) is 4. The molecule has 1 saturated heterocycles. The van der Waals surface area contributed by atoms with E-state index in [1.165, 1.54) is 23.5 Å². The van der Waals surface area contributed by atoms with Crippen molar-refractivity contribution in [2.45, 2.75) is 37.4 Å². The Kier molecular flexibility index (Phi) is 6.17. The van der Waals surface area contributed by atoms with Gasteiger partial charge in [-0.2, -0.15) is 4.98 Å². The molecule has 0 unspecified atom stereocenters. The van der Waals surface area contributed by atoms with E-state index in [4.69, 9.17) is 0 Å². The number of carboxylic acids is 1. The van der Waals surface area contributed by atoms with E-state index in [1.54, 1.807) is 28.8 Å². The van der Waals surface area contributed by atoms with E-state index in [1.807, 2.05) is 30.1 Å². The second-order valence-electron chi connectivity index (χ2n) is 10.4. The van der Waals surface area contributed by atoms with Crippen molar-refractivity contribution in [1.29, 1.82) is 0 Å². The van der Waals surface area contributed by atoms with Gasteiger partial charge in [0.1, 0.15) is 11.2 Å². The molecule has 1 aliphatic heterocycles. The number of carboxylic acid groups (broad SMARTS) is 1. The van der Waals surface area contributed by atoms with Crippen LogP contribution in [0.4, 0.5) is 11.6 Å². The molecule has 0 spiro atoms. The van der Waals surface area contributed by atoms with Crippen LogP contribution >= 0.6 is 0 Å². The number of aromatic nitrogens is 3. The van der Waals surface area contributed by atoms with Crippen LogP contribution in [0, 0.1) is 0 Å². The number of aromatic carboxylic acids is 1. The van der Waals surface area contributed by atoms with Gasteiger partial charge in [-0.1, -0.05) is 18.2 Å². The van der Waals surface area contributed by atoms with Crippen molar-refractivity contribution in [2.75, 3.05) is 25.5 Å². The third kappa shape index (κ3) is 4.46. The van der Waals surface area contributed by atoms with Crippen molar-refractivity contribution >= 4 is 28.6 Å². The first-order valence-electron chi connectivity index (χ1n) is 13.0. The number of carbonyl (C=O) groups is 1. The van der Waals surface area contributed by atoms with Crippen molar-refractivity contribution < 1.29 is 20.1 Å². The molecule has 0 amide bonds. The molecule has 1 fully saturated rings. The molecule has 1 aliphatic carbocycles. The number of aryl methyl sites for hydroxylation is 2. The molecule has 4 N–H and O–H groups in total. The van der Waals surface area contributed by atoms with Crippen molar-refractivity contribution in [1.82, 2.24) is 19.4 Å². The van der Waals surface area contributed by atoms with Gasteiger partial charge in [0.25, 0.3) is 0 Å². The highest BCUT2D eigenvalue weighted by Crippen LogP contribution is 2.34. The van der Waals surface area contributed by atoms with Crippen molar-refractivity contribution in [3.63, 3.8) is 0 Å². The Morgan fingerprint density at radius 3 is 2.64 bits per heavy atom. The van der Waals surface area contributed by atoms with Crippen molar-refractivity contribution in [3.8, 4) is 5.69 Å². The number of β-amino-alcohol motifs (C(OH)–C–C–N with tert-alkyl or cyclic N) is 1. The summed E-state index contributed by atoms with van der Waals surface area (Å²) in [6.45, 7) is 1.06. The first-order chi connectivity index (χ1) is 18.7. The second kappa shape index (κ2) is 9.57. The quantitative estimate of drug-likeness (QED) is 0.308. The van der Waals surface area contributed by atoms with Crippen molar-refractivity contribution in [2.24, 2.45) is 0 Å². The van der Waals surface area contributed by atoms with Gasteiger partial charge in [-0.3, -0.25) is 4.79 Å².